The number of aliphatic imine (C=N–C) groups is 1. The number of likely N-dealkylation sites (tertiary alicyclic amines) is 1. The normalized spacial score (nSPS) is 30.1. The number of rotatable bonds is 2. The minimum Gasteiger partial charge on any atom is -0.381 e. The fourth-order valence-corrected chi connectivity index (χ4v) is 4.14. The molecule has 3 fully saturated rings. The van der Waals surface area contributed by atoms with E-state index in [4.69, 9.17) is 4.74 Å². The van der Waals surface area contributed by atoms with Crippen LogP contribution in [0, 0.1) is 11.3 Å². The Bertz CT molecular complexity index is 344. The first kappa shape index (κ1) is 14.2. The SMILES string of the molecule is CN=C(NCC1CCOC1)N1CCC2(CCCCC2)C1. The van der Waals surface area contributed by atoms with Gasteiger partial charge in [-0.3, -0.25) is 4.99 Å². The summed E-state index contributed by atoms with van der Waals surface area (Å²) in [5, 5.41) is 3.57. The van der Waals surface area contributed by atoms with Crippen LogP contribution in [0.3, 0.4) is 0 Å². The van der Waals surface area contributed by atoms with Gasteiger partial charge in [0.05, 0.1) is 6.61 Å². The summed E-state index contributed by atoms with van der Waals surface area (Å²) in [5.41, 5.74) is 0.604. The Labute approximate surface area is 123 Å². The van der Waals surface area contributed by atoms with Gasteiger partial charge in [-0.15, -0.1) is 0 Å². The molecule has 3 aliphatic rings. The van der Waals surface area contributed by atoms with Crippen LogP contribution in [0.1, 0.15) is 44.9 Å². The minimum absolute atomic E-state index is 0.604. The largest absolute Gasteiger partial charge is 0.381 e. The molecule has 0 amide bonds. The predicted octanol–water partition coefficient (Wildman–Crippen LogP) is 2.25. The molecule has 0 bridgehead atoms. The molecule has 2 heterocycles. The molecule has 1 N–H and O–H groups in total. The fourth-order valence-electron chi connectivity index (χ4n) is 4.14. The van der Waals surface area contributed by atoms with E-state index < -0.39 is 0 Å². The summed E-state index contributed by atoms with van der Waals surface area (Å²) in [5.74, 6) is 1.78. The molecular weight excluding hydrogens is 250 g/mol. The van der Waals surface area contributed by atoms with E-state index in [1.54, 1.807) is 0 Å². The first-order valence-corrected chi connectivity index (χ1v) is 8.35. The lowest BCUT2D eigenvalue weighted by atomic mass is 9.73. The van der Waals surface area contributed by atoms with Crippen LogP contribution in [0.15, 0.2) is 4.99 Å². The van der Waals surface area contributed by atoms with E-state index in [0.717, 1.165) is 25.7 Å². The van der Waals surface area contributed by atoms with Crippen LogP contribution in [0.25, 0.3) is 0 Å². The summed E-state index contributed by atoms with van der Waals surface area (Å²) >= 11 is 0. The van der Waals surface area contributed by atoms with Crippen molar-refractivity contribution in [2.75, 3.05) is 39.9 Å². The van der Waals surface area contributed by atoms with Crippen LogP contribution in [0.5, 0.6) is 0 Å². The Morgan fingerprint density at radius 3 is 2.85 bits per heavy atom. The van der Waals surface area contributed by atoms with Crippen LogP contribution < -0.4 is 5.32 Å². The van der Waals surface area contributed by atoms with Gasteiger partial charge in [0, 0.05) is 39.2 Å². The first-order valence-electron chi connectivity index (χ1n) is 8.35. The second kappa shape index (κ2) is 6.33. The molecule has 4 nitrogen and oxygen atoms in total. The highest BCUT2D eigenvalue weighted by Gasteiger charge is 2.39. The standard InChI is InChI=1S/C16H29N3O/c1-17-15(18-11-14-5-10-20-12-14)19-9-8-16(13-19)6-3-2-4-7-16/h14H,2-13H2,1H3,(H,17,18). The molecule has 0 aromatic heterocycles. The van der Waals surface area contributed by atoms with E-state index in [1.807, 2.05) is 7.05 Å². The highest BCUT2D eigenvalue weighted by molar-refractivity contribution is 5.80. The zero-order valence-electron chi connectivity index (χ0n) is 12.9. The number of hydrogen-bond acceptors (Lipinski definition) is 2. The number of nitrogens with one attached hydrogen (secondary N) is 1. The molecule has 4 heteroatoms. The zero-order chi connectivity index (χ0) is 13.8. The first-order chi connectivity index (χ1) is 9.81. The van der Waals surface area contributed by atoms with Crippen molar-refractivity contribution in [2.45, 2.75) is 44.9 Å². The van der Waals surface area contributed by atoms with Gasteiger partial charge in [0.25, 0.3) is 0 Å². The summed E-state index contributed by atoms with van der Waals surface area (Å²) in [6.07, 6.45) is 9.71. The average Bonchev–Trinajstić information content (AvgIpc) is 3.12. The van der Waals surface area contributed by atoms with Gasteiger partial charge in [0.1, 0.15) is 0 Å². The smallest absolute Gasteiger partial charge is 0.193 e. The maximum atomic E-state index is 5.45. The van der Waals surface area contributed by atoms with Gasteiger partial charge in [0.15, 0.2) is 5.96 Å². The van der Waals surface area contributed by atoms with Crippen molar-refractivity contribution in [3.05, 3.63) is 0 Å². The predicted molar refractivity (Wildman–Crippen MR) is 82.0 cm³/mol. The lowest BCUT2D eigenvalue weighted by Gasteiger charge is -2.33. The molecule has 0 aromatic rings. The summed E-state index contributed by atoms with van der Waals surface area (Å²) < 4.78 is 5.45. The highest BCUT2D eigenvalue weighted by atomic mass is 16.5. The van der Waals surface area contributed by atoms with Crippen molar-refractivity contribution < 1.29 is 4.74 Å². The monoisotopic (exact) mass is 279 g/mol. The summed E-state index contributed by atoms with van der Waals surface area (Å²) in [6, 6.07) is 0. The highest BCUT2D eigenvalue weighted by Crippen LogP contribution is 2.43. The molecule has 0 radical (unpaired) electrons. The van der Waals surface area contributed by atoms with Gasteiger partial charge in [-0.1, -0.05) is 19.3 Å². The van der Waals surface area contributed by atoms with Gasteiger partial charge in [-0.2, -0.15) is 0 Å². The van der Waals surface area contributed by atoms with E-state index >= 15 is 0 Å². The Hall–Kier alpha value is -0.770. The lowest BCUT2D eigenvalue weighted by molar-refractivity contribution is 0.185. The van der Waals surface area contributed by atoms with E-state index in [0.29, 0.717) is 11.3 Å². The molecule has 1 unspecified atom stereocenters. The fraction of sp³-hybridized carbons (Fsp3) is 0.938. The number of ether oxygens (including phenoxy) is 1. The second-order valence-electron chi connectivity index (χ2n) is 6.89. The van der Waals surface area contributed by atoms with Gasteiger partial charge < -0.3 is 15.0 Å². The molecule has 114 valence electrons. The molecule has 1 atom stereocenters. The maximum absolute atomic E-state index is 5.45. The number of nitrogens with zero attached hydrogens (tertiary/aromatic N) is 2. The Balaban J connectivity index is 1.51. The Kier molecular flexibility index (Phi) is 4.49. The summed E-state index contributed by atoms with van der Waals surface area (Å²) in [7, 11) is 1.92. The number of guanidine groups is 1. The minimum atomic E-state index is 0.604. The second-order valence-corrected chi connectivity index (χ2v) is 6.89. The van der Waals surface area contributed by atoms with Crippen molar-refractivity contribution in [1.82, 2.24) is 10.2 Å². The third kappa shape index (κ3) is 3.11. The van der Waals surface area contributed by atoms with Crippen molar-refractivity contribution in [2.24, 2.45) is 16.3 Å². The molecule has 1 spiro atoms. The quantitative estimate of drug-likeness (QED) is 0.622. The third-order valence-electron chi connectivity index (χ3n) is 5.44. The Morgan fingerprint density at radius 1 is 1.30 bits per heavy atom. The molecule has 1 aliphatic carbocycles. The van der Waals surface area contributed by atoms with E-state index in [-0.39, 0.29) is 0 Å². The van der Waals surface area contributed by atoms with Gasteiger partial charge >= 0.3 is 0 Å². The molecule has 1 saturated carbocycles. The van der Waals surface area contributed by atoms with Crippen molar-refractivity contribution in [3.63, 3.8) is 0 Å². The van der Waals surface area contributed by atoms with Crippen molar-refractivity contribution in [1.29, 1.82) is 0 Å². The van der Waals surface area contributed by atoms with Crippen LogP contribution in [0.4, 0.5) is 0 Å². The van der Waals surface area contributed by atoms with Crippen molar-refractivity contribution in [3.8, 4) is 0 Å². The van der Waals surface area contributed by atoms with Crippen LogP contribution in [0.2, 0.25) is 0 Å². The molecule has 0 aromatic carbocycles. The third-order valence-corrected chi connectivity index (χ3v) is 5.44. The Morgan fingerprint density at radius 2 is 2.15 bits per heavy atom. The summed E-state index contributed by atoms with van der Waals surface area (Å²) in [6.45, 7) is 5.25. The molecule has 2 saturated heterocycles. The molecule has 3 rings (SSSR count). The van der Waals surface area contributed by atoms with Gasteiger partial charge in [-0.25, -0.2) is 0 Å². The summed E-state index contributed by atoms with van der Waals surface area (Å²) in [4.78, 5) is 6.99. The topological polar surface area (TPSA) is 36.9 Å². The van der Waals surface area contributed by atoms with Crippen molar-refractivity contribution >= 4 is 5.96 Å². The van der Waals surface area contributed by atoms with E-state index in [2.05, 4.69) is 15.2 Å². The lowest BCUT2D eigenvalue weighted by Crippen LogP contribution is -2.43. The molecule has 2 aliphatic heterocycles. The van der Waals surface area contributed by atoms with Crippen LogP contribution in [-0.2, 0) is 4.74 Å². The maximum Gasteiger partial charge on any atom is 0.193 e. The average molecular weight is 279 g/mol. The molecule has 20 heavy (non-hydrogen) atoms. The van der Waals surface area contributed by atoms with Gasteiger partial charge in [0.2, 0.25) is 0 Å². The van der Waals surface area contributed by atoms with E-state index in [1.165, 1.54) is 58.0 Å². The van der Waals surface area contributed by atoms with E-state index in [9.17, 15) is 0 Å². The van der Waals surface area contributed by atoms with Gasteiger partial charge in [-0.05, 0) is 31.1 Å². The zero-order valence-corrected chi connectivity index (χ0v) is 12.9. The number of hydrogen-bond donors (Lipinski definition) is 1. The van der Waals surface area contributed by atoms with Crippen LogP contribution in [-0.4, -0.2) is 50.8 Å². The molecular formula is C16H29N3O. The van der Waals surface area contributed by atoms with Crippen LogP contribution >= 0.6 is 0 Å².